The van der Waals surface area contributed by atoms with E-state index in [0.717, 1.165) is 6.42 Å². The van der Waals surface area contributed by atoms with Crippen molar-refractivity contribution in [3.8, 4) is 0 Å². The fraction of sp³-hybridized carbons (Fsp3) is 0.615. The van der Waals surface area contributed by atoms with E-state index in [2.05, 4.69) is 24.1 Å². The van der Waals surface area contributed by atoms with Crippen molar-refractivity contribution in [3.63, 3.8) is 0 Å². The number of hydrogen-bond donors (Lipinski definition) is 2. The molecule has 2 unspecified atom stereocenters. The molecular weight excluding hydrogens is 214 g/mol. The Kier molecular flexibility index (Phi) is 5.38. The number of hydrogen-bond acceptors (Lipinski definition) is 4. The van der Waals surface area contributed by atoms with Crippen LogP contribution in [0.5, 0.6) is 0 Å². The Balaban J connectivity index is 2.75. The smallest absolute Gasteiger partial charge is 0.123 e. The molecule has 96 valence electrons. The van der Waals surface area contributed by atoms with Crippen molar-refractivity contribution >= 4 is 5.82 Å². The summed E-state index contributed by atoms with van der Waals surface area (Å²) in [5, 5.41) is 3.32. The van der Waals surface area contributed by atoms with E-state index in [0.29, 0.717) is 11.7 Å². The quantitative estimate of drug-likeness (QED) is 0.786. The van der Waals surface area contributed by atoms with E-state index < -0.39 is 0 Å². The van der Waals surface area contributed by atoms with Crippen LogP contribution in [0.15, 0.2) is 18.3 Å². The molecular formula is C13H23N3O. The topological polar surface area (TPSA) is 60.2 Å². The molecule has 3 N–H and O–H groups in total. The maximum Gasteiger partial charge on any atom is 0.123 e. The van der Waals surface area contributed by atoms with Crippen LogP contribution in [0.3, 0.4) is 0 Å². The predicted octanol–water partition coefficient (Wildman–Crippen LogP) is 1.47. The molecule has 0 saturated carbocycles. The highest BCUT2D eigenvalue weighted by Crippen LogP contribution is 2.15. The number of nitrogens with zero attached hydrogens (tertiary/aromatic N) is 1. The zero-order valence-electron chi connectivity index (χ0n) is 11.1. The molecule has 0 aromatic carbocycles. The second kappa shape index (κ2) is 6.57. The molecule has 1 rings (SSSR count). The summed E-state index contributed by atoms with van der Waals surface area (Å²) in [4.78, 5) is 4.00. The number of likely N-dealkylation sites (N-methyl/N-ethyl adjacent to an activating group) is 1. The second-order valence-corrected chi connectivity index (χ2v) is 4.63. The lowest BCUT2D eigenvalue weighted by atomic mass is 9.94. The third-order valence-corrected chi connectivity index (χ3v) is 3.00. The SMILES string of the molecule is CNC(Cc1ccnc(N)c1)C(OC)C(C)C. The summed E-state index contributed by atoms with van der Waals surface area (Å²) < 4.78 is 5.56. The molecule has 1 aromatic rings. The molecule has 0 amide bonds. The average molecular weight is 237 g/mol. The lowest BCUT2D eigenvalue weighted by Gasteiger charge is -2.28. The van der Waals surface area contributed by atoms with Crippen LogP contribution in [-0.4, -0.2) is 31.3 Å². The van der Waals surface area contributed by atoms with E-state index in [9.17, 15) is 0 Å². The van der Waals surface area contributed by atoms with Crippen LogP contribution >= 0.6 is 0 Å². The number of pyridine rings is 1. The molecule has 0 aliphatic heterocycles. The van der Waals surface area contributed by atoms with Crippen LogP contribution < -0.4 is 11.1 Å². The van der Waals surface area contributed by atoms with Gasteiger partial charge in [-0.25, -0.2) is 4.98 Å². The predicted molar refractivity (Wildman–Crippen MR) is 70.8 cm³/mol. The molecule has 17 heavy (non-hydrogen) atoms. The molecule has 0 aliphatic rings. The second-order valence-electron chi connectivity index (χ2n) is 4.63. The van der Waals surface area contributed by atoms with E-state index in [1.165, 1.54) is 5.56 Å². The van der Waals surface area contributed by atoms with Gasteiger partial charge in [0, 0.05) is 19.3 Å². The summed E-state index contributed by atoms with van der Waals surface area (Å²) in [7, 11) is 3.72. The van der Waals surface area contributed by atoms with Crippen molar-refractivity contribution < 1.29 is 4.74 Å². The molecule has 0 saturated heterocycles. The van der Waals surface area contributed by atoms with Gasteiger partial charge in [0.15, 0.2) is 0 Å². The fourth-order valence-electron chi connectivity index (χ4n) is 2.16. The highest BCUT2D eigenvalue weighted by molar-refractivity contribution is 5.32. The molecule has 1 aromatic heterocycles. The molecule has 0 aliphatic carbocycles. The molecule has 2 atom stereocenters. The molecule has 4 heteroatoms. The van der Waals surface area contributed by atoms with Gasteiger partial charge in [-0.3, -0.25) is 0 Å². The minimum Gasteiger partial charge on any atom is -0.384 e. The zero-order chi connectivity index (χ0) is 12.8. The van der Waals surface area contributed by atoms with Crippen molar-refractivity contribution in [2.24, 2.45) is 5.92 Å². The largest absolute Gasteiger partial charge is 0.384 e. The van der Waals surface area contributed by atoms with E-state index >= 15 is 0 Å². The third-order valence-electron chi connectivity index (χ3n) is 3.00. The highest BCUT2D eigenvalue weighted by Gasteiger charge is 2.23. The van der Waals surface area contributed by atoms with Gasteiger partial charge in [-0.05, 0) is 37.1 Å². The first-order valence-corrected chi connectivity index (χ1v) is 5.99. The van der Waals surface area contributed by atoms with Gasteiger partial charge in [-0.15, -0.1) is 0 Å². The summed E-state index contributed by atoms with van der Waals surface area (Å²) in [6, 6.07) is 4.19. The number of aromatic nitrogens is 1. The Bertz CT molecular complexity index is 341. The lowest BCUT2D eigenvalue weighted by Crippen LogP contribution is -2.43. The van der Waals surface area contributed by atoms with E-state index in [4.69, 9.17) is 10.5 Å². The van der Waals surface area contributed by atoms with Crippen LogP contribution in [0.1, 0.15) is 19.4 Å². The number of anilines is 1. The van der Waals surface area contributed by atoms with Crippen LogP contribution in [0.4, 0.5) is 5.82 Å². The number of ether oxygens (including phenoxy) is 1. The van der Waals surface area contributed by atoms with Crippen LogP contribution in [0.25, 0.3) is 0 Å². The molecule has 0 bridgehead atoms. The minimum atomic E-state index is 0.189. The Morgan fingerprint density at radius 3 is 2.65 bits per heavy atom. The van der Waals surface area contributed by atoms with Gasteiger partial charge in [0.2, 0.25) is 0 Å². The van der Waals surface area contributed by atoms with Crippen molar-refractivity contribution in [2.45, 2.75) is 32.4 Å². The zero-order valence-corrected chi connectivity index (χ0v) is 11.1. The monoisotopic (exact) mass is 237 g/mol. The number of nitrogens with one attached hydrogen (secondary N) is 1. The highest BCUT2D eigenvalue weighted by atomic mass is 16.5. The summed E-state index contributed by atoms with van der Waals surface area (Å²) in [6.07, 6.45) is 2.82. The number of nitrogens with two attached hydrogens (primary N) is 1. The van der Waals surface area contributed by atoms with Crippen molar-refractivity contribution in [2.75, 3.05) is 19.9 Å². The van der Waals surface area contributed by atoms with Gasteiger partial charge in [0.1, 0.15) is 5.82 Å². The normalized spacial score (nSPS) is 14.9. The van der Waals surface area contributed by atoms with Gasteiger partial charge in [-0.1, -0.05) is 13.8 Å². The van der Waals surface area contributed by atoms with Crippen LogP contribution in [0, 0.1) is 5.92 Å². The summed E-state index contributed by atoms with van der Waals surface area (Å²) in [5.74, 6) is 1.03. The molecule has 0 spiro atoms. The summed E-state index contributed by atoms with van der Waals surface area (Å²) >= 11 is 0. The standard InChI is InChI=1S/C13H23N3O/c1-9(2)13(17-4)11(15-3)7-10-5-6-16-12(14)8-10/h5-6,8-9,11,13,15H,7H2,1-4H3,(H2,14,16). The van der Waals surface area contributed by atoms with Gasteiger partial charge in [0.05, 0.1) is 6.10 Å². The maximum absolute atomic E-state index is 5.68. The molecule has 0 fully saturated rings. The van der Waals surface area contributed by atoms with Crippen LogP contribution in [0.2, 0.25) is 0 Å². The number of methoxy groups -OCH3 is 1. The third kappa shape index (κ3) is 3.98. The van der Waals surface area contributed by atoms with Gasteiger partial charge >= 0.3 is 0 Å². The van der Waals surface area contributed by atoms with Gasteiger partial charge in [-0.2, -0.15) is 0 Å². The van der Waals surface area contributed by atoms with Crippen molar-refractivity contribution in [1.82, 2.24) is 10.3 Å². The van der Waals surface area contributed by atoms with Crippen LogP contribution in [-0.2, 0) is 11.2 Å². The Morgan fingerprint density at radius 2 is 2.18 bits per heavy atom. The average Bonchev–Trinajstić information content (AvgIpc) is 2.28. The van der Waals surface area contributed by atoms with E-state index in [1.54, 1.807) is 13.3 Å². The lowest BCUT2D eigenvalue weighted by molar-refractivity contribution is 0.0354. The molecule has 1 heterocycles. The first-order valence-electron chi connectivity index (χ1n) is 5.99. The number of rotatable bonds is 6. The first-order chi connectivity index (χ1) is 8.08. The summed E-state index contributed by atoms with van der Waals surface area (Å²) in [5.41, 5.74) is 6.86. The van der Waals surface area contributed by atoms with Gasteiger partial charge < -0.3 is 15.8 Å². The van der Waals surface area contributed by atoms with E-state index in [-0.39, 0.29) is 12.1 Å². The van der Waals surface area contributed by atoms with Crippen molar-refractivity contribution in [1.29, 1.82) is 0 Å². The molecule has 0 radical (unpaired) electrons. The Labute approximate surface area is 104 Å². The number of nitrogen functional groups attached to an aromatic ring is 1. The van der Waals surface area contributed by atoms with Crippen molar-refractivity contribution in [3.05, 3.63) is 23.9 Å². The summed E-state index contributed by atoms with van der Waals surface area (Å²) in [6.45, 7) is 4.33. The minimum absolute atomic E-state index is 0.189. The Hall–Kier alpha value is -1.13. The maximum atomic E-state index is 5.68. The first kappa shape index (κ1) is 13.9. The molecule has 4 nitrogen and oxygen atoms in total. The Morgan fingerprint density at radius 1 is 1.47 bits per heavy atom. The van der Waals surface area contributed by atoms with E-state index in [1.807, 2.05) is 19.2 Å². The van der Waals surface area contributed by atoms with Gasteiger partial charge in [0.25, 0.3) is 0 Å². The fourth-order valence-corrected chi connectivity index (χ4v) is 2.16.